The van der Waals surface area contributed by atoms with Gasteiger partial charge in [0.1, 0.15) is 6.61 Å². The molecule has 8 nitrogen and oxygen atoms in total. The Labute approximate surface area is 283 Å². The molecule has 2 atom stereocenters. The van der Waals surface area contributed by atoms with Crippen LogP contribution in [-0.4, -0.2) is 43.3 Å². The highest BCUT2D eigenvalue weighted by atomic mass is 31.2. The zero-order valence-corrected chi connectivity index (χ0v) is 30.7. The molecule has 9 heteroatoms. The summed E-state index contributed by atoms with van der Waals surface area (Å²) >= 11 is 0. The molecular weight excluding hydrogens is 601 g/mol. The molecule has 1 unspecified atom stereocenters. The molecule has 46 heavy (non-hydrogen) atoms. The highest BCUT2D eigenvalue weighted by Crippen LogP contribution is 2.43. The van der Waals surface area contributed by atoms with Gasteiger partial charge in [-0.25, -0.2) is 4.57 Å². The van der Waals surface area contributed by atoms with Crippen LogP contribution in [0.2, 0.25) is 0 Å². The smallest absolute Gasteiger partial charge is 0.472 e. The monoisotopic (exact) mass is 674 g/mol. The van der Waals surface area contributed by atoms with Crippen LogP contribution in [0.4, 0.5) is 0 Å². The summed E-state index contributed by atoms with van der Waals surface area (Å²) < 4.78 is 33.0. The summed E-state index contributed by atoms with van der Waals surface area (Å²) in [6.07, 6.45) is 37.1. The molecule has 0 aromatic carbocycles. The first kappa shape index (κ1) is 44.8. The number of hydrogen-bond donors (Lipinski definition) is 2. The van der Waals surface area contributed by atoms with Crippen LogP contribution in [0.3, 0.4) is 0 Å². The standard InChI is InChI=1S/C37H72NO7P/c1-3-5-7-9-11-13-15-16-17-18-19-21-23-25-27-29-32-42-34-36(35-44-46(40,41)43-33-31-38)45-37(39)30-28-26-24-22-20-14-12-10-8-6-4-2/h10,12,29,32,36H,3-9,11,13-28,30-31,33-35,38H2,1-2H3,(H,40,41)/b12-10+,32-29+/t36-/m1/s1. The number of ether oxygens (including phenoxy) is 2. The SMILES string of the molecule is CCCC/C=C/CCCCCCCC(=O)O[C@H](CO/C=C/CCCCCCCCCCCCCCCC)COP(=O)(O)OCCN. The van der Waals surface area contributed by atoms with Gasteiger partial charge in [0.05, 0.1) is 19.5 Å². The van der Waals surface area contributed by atoms with E-state index in [1.165, 1.54) is 109 Å². The number of carbonyl (C=O) groups is 1. The number of esters is 1. The van der Waals surface area contributed by atoms with Crippen molar-refractivity contribution in [3.63, 3.8) is 0 Å². The first-order valence-corrected chi connectivity index (χ1v) is 20.4. The van der Waals surface area contributed by atoms with Gasteiger partial charge >= 0.3 is 13.8 Å². The van der Waals surface area contributed by atoms with Gasteiger partial charge < -0.3 is 20.1 Å². The maximum absolute atomic E-state index is 12.5. The fraction of sp³-hybridized carbons (Fsp3) is 0.865. The summed E-state index contributed by atoms with van der Waals surface area (Å²) in [6, 6.07) is 0. The third-order valence-corrected chi connectivity index (χ3v) is 8.92. The number of rotatable bonds is 36. The second-order valence-corrected chi connectivity index (χ2v) is 14.0. The number of allylic oxidation sites excluding steroid dienone is 3. The average molecular weight is 674 g/mol. The van der Waals surface area contributed by atoms with E-state index >= 15 is 0 Å². The largest absolute Gasteiger partial charge is 0.498 e. The minimum absolute atomic E-state index is 0.0314. The molecule has 272 valence electrons. The summed E-state index contributed by atoms with van der Waals surface area (Å²) in [5.74, 6) is -0.363. The molecule has 0 bridgehead atoms. The van der Waals surface area contributed by atoms with Gasteiger partial charge in [0, 0.05) is 13.0 Å². The number of phosphoric ester groups is 1. The maximum Gasteiger partial charge on any atom is 0.472 e. The molecule has 0 aromatic heterocycles. The average Bonchev–Trinajstić information content (AvgIpc) is 3.04. The summed E-state index contributed by atoms with van der Waals surface area (Å²) in [6.45, 7) is 4.19. The topological polar surface area (TPSA) is 117 Å². The number of hydrogen-bond acceptors (Lipinski definition) is 7. The van der Waals surface area contributed by atoms with Gasteiger partial charge in [-0.15, -0.1) is 0 Å². The van der Waals surface area contributed by atoms with Crippen molar-refractivity contribution in [3.8, 4) is 0 Å². The Morgan fingerprint density at radius 2 is 1.13 bits per heavy atom. The van der Waals surface area contributed by atoms with Crippen molar-refractivity contribution < 1.29 is 32.8 Å². The fourth-order valence-electron chi connectivity index (χ4n) is 5.12. The van der Waals surface area contributed by atoms with Gasteiger partial charge in [-0.3, -0.25) is 13.8 Å². The second-order valence-electron chi connectivity index (χ2n) is 12.5. The lowest BCUT2D eigenvalue weighted by molar-refractivity contribution is -0.153. The van der Waals surface area contributed by atoms with Crippen molar-refractivity contribution in [1.82, 2.24) is 0 Å². The molecule has 0 aliphatic heterocycles. The molecule has 0 aliphatic carbocycles. The zero-order chi connectivity index (χ0) is 33.8. The van der Waals surface area contributed by atoms with Gasteiger partial charge in [0.25, 0.3) is 0 Å². The minimum Gasteiger partial charge on any atom is -0.498 e. The molecule has 0 saturated heterocycles. The fourth-order valence-corrected chi connectivity index (χ4v) is 5.88. The lowest BCUT2D eigenvalue weighted by Crippen LogP contribution is -2.27. The van der Waals surface area contributed by atoms with Crippen LogP contribution in [0, 0.1) is 0 Å². The number of unbranched alkanes of at least 4 members (excludes halogenated alkanes) is 21. The molecule has 0 radical (unpaired) electrons. The van der Waals surface area contributed by atoms with Crippen molar-refractivity contribution in [3.05, 3.63) is 24.5 Å². The van der Waals surface area contributed by atoms with E-state index < -0.39 is 13.9 Å². The van der Waals surface area contributed by atoms with Gasteiger partial charge in [-0.05, 0) is 44.6 Å². The van der Waals surface area contributed by atoms with Crippen LogP contribution in [0.1, 0.15) is 174 Å². The second kappa shape index (κ2) is 35.1. The zero-order valence-electron chi connectivity index (χ0n) is 29.8. The van der Waals surface area contributed by atoms with Gasteiger partial charge in [-0.2, -0.15) is 0 Å². The predicted octanol–water partition coefficient (Wildman–Crippen LogP) is 10.9. The van der Waals surface area contributed by atoms with Crippen molar-refractivity contribution in [2.75, 3.05) is 26.4 Å². The van der Waals surface area contributed by atoms with E-state index in [0.717, 1.165) is 44.9 Å². The normalized spacial score (nSPS) is 13.8. The highest BCUT2D eigenvalue weighted by molar-refractivity contribution is 7.47. The lowest BCUT2D eigenvalue weighted by atomic mass is 10.0. The van der Waals surface area contributed by atoms with Crippen molar-refractivity contribution in [2.24, 2.45) is 5.73 Å². The Bertz CT molecular complexity index is 762. The molecular formula is C37H72NO7P. The van der Waals surface area contributed by atoms with Gasteiger partial charge in [-0.1, -0.05) is 142 Å². The van der Waals surface area contributed by atoms with E-state index in [0.29, 0.717) is 6.42 Å². The maximum atomic E-state index is 12.5. The van der Waals surface area contributed by atoms with Crippen molar-refractivity contribution in [1.29, 1.82) is 0 Å². The summed E-state index contributed by atoms with van der Waals surface area (Å²) in [5.41, 5.74) is 5.34. The molecule has 0 aromatic rings. The first-order valence-electron chi connectivity index (χ1n) is 18.9. The molecule has 0 saturated carbocycles. The predicted molar refractivity (Wildman–Crippen MR) is 192 cm³/mol. The third kappa shape index (κ3) is 34.2. The summed E-state index contributed by atoms with van der Waals surface area (Å²) in [4.78, 5) is 22.3. The molecule has 0 heterocycles. The molecule has 0 fully saturated rings. The number of phosphoric acid groups is 1. The Kier molecular flexibility index (Phi) is 34.2. The minimum atomic E-state index is -4.28. The van der Waals surface area contributed by atoms with Crippen LogP contribution in [0.5, 0.6) is 0 Å². The van der Waals surface area contributed by atoms with Crippen LogP contribution in [0.25, 0.3) is 0 Å². The quantitative estimate of drug-likeness (QED) is 0.0222. The van der Waals surface area contributed by atoms with E-state index in [1.54, 1.807) is 6.26 Å². The lowest BCUT2D eigenvalue weighted by Gasteiger charge is -2.19. The van der Waals surface area contributed by atoms with Crippen LogP contribution < -0.4 is 5.73 Å². The molecule has 0 amide bonds. The van der Waals surface area contributed by atoms with Crippen LogP contribution in [-0.2, 0) is 27.9 Å². The molecule has 0 spiro atoms. The number of nitrogens with two attached hydrogens (primary N) is 1. The first-order chi connectivity index (χ1) is 22.4. The Morgan fingerprint density at radius 3 is 1.67 bits per heavy atom. The molecule has 0 aliphatic rings. The number of carbonyl (C=O) groups excluding carboxylic acids is 1. The van der Waals surface area contributed by atoms with E-state index in [9.17, 15) is 14.3 Å². The van der Waals surface area contributed by atoms with Gasteiger partial charge in [0.2, 0.25) is 0 Å². The van der Waals surface area contributed by atoms with E-state index in [4.69, 9.17) is 24.3 Å². The van der Waals surface area contributed by atoms with E-state index in [1.807, 2.05) is 6.08 Å². The molecule has 3 N–H and O–H groups in total. The van der Waals surface area contributed by atoms with Crippen molar-refractivity contribution in [2.45, 2.75) is 180 Å². The summed E-state index contributed by atoms with van der Waals surface area (Å²) in [5, 5.41) is 0. The van der Waals surface area contributed by atoms with Crippen molar-refractivity contribution >= 4 is 13.8 Å². The summed E-state index contributed by atoms with van der Waals surface area (Å²) in [7, 11) is -4.28. The van der Waals surface area contributed by atoms with Gasteiger partial charge in [0.15, 0.2) is 6.10 Å². The Morgan fingerprint density at radius 1 is 0.652 bits per heavy atom. The Hall–Kier alpha value is -1.18. The third-order valence-electron chi connectivity index (χ3n) is 7.94. The Balaban J connectivity index is 4.12. The molecule has 0 rings (SSSR count). The highest BCUT2D eigenvalue weighted by Gasteiger charge is 2.25. The van der Waals surface area contributed by atoms with Crippen LogP contribution in [0.15, 0.2) is 24.5 Å². The van der Waals surface area contributed by atoms with E-state index in [-0.39, 0.29) is 32.3 Å². The van der Waals surface area contributed by atoms with Crippen LogP contribution >= 0.6 is 7.82 Å². The van der Waals surface area contributed by atoms with E-state index in [2.05, 4.69) is 26.0 Å².